The molecule has 9 heteroatoms. The van der Waals surface area contributed by atoms with Crippen LogP contribution in [0.25, 0.3) is 0 Å². The quantitative estimate of drug-likeness (QED) is 0.404. The van der Waals surface area contributed by atoms with E-state index in [9.17, 15) is 9.13 Å². The fourth-order valence-corrected chi connectivity index (χ4v) is 1.62. The lowest BCUT2D eigenvalue weighted by molar-refractivity contribution is 0.276. The van der Waals surface area contributed by atoms with Gasteiger partial charge in [-0.05, 0) is 12.5 Å². The summed E-state index contributed by atoms with van der Waals surface area (Å²) in [6, 6.07) is 0. The van der Waals surface area contributed by atoms with Crippen LogP contribution in [0.3, 0.4) is 0 Å². The Morgan fingerprint density at radius 3 is 2.21 bits per heavy atom. The van der Waals surface area contributed by atoms with E-state index >= 15 is 0 Å². The van der Waals surface area contributed by atoms with Gasteiger partial charge in [-0.15, -0.1) is 0 Å². The van der Waals surface area contributed by atoms with Crippen LogP contribution in [-0.4, -0.2) is 33.0 Å². The average molecular weight is 246 g/mol. The largest absolute Gasteiger partial charge is 0.438 e. The van der Waals surface area contributed by atoms with Crippen molar-refractivity contribution in [3.63, 3.8) is 0 Å². The molecule has 7 nitrogen and oxygen atoms in total. The molecule has 0 saturated carbocycles. The Bertz CT molecular complexity index is 303. The summed E-state index contributed by atoms with van der Waals surface area (Å²) in [7, 11) is -10.1. The lowest BCUT2D eigenvalue weighted by Crippen LogP contribution is -1.96. The van der Waals surface area contributed by atoms with Gasteiger partial charge in [0.1, 0.15) is 0 Å². The summed E-state index contributed by atoms with van der Waals surface area (Å²) >= 11 is 0. The number of aliphatic hydroxyl groups is 1. The first-order valence-electron chi connectivity index (χ1n) is 3.50. The summed E-state index contributed by atoms with van der Waals surface area (Å²) in [5, 5.41) is 8.41. The highest BCUT2D eigenvalue weighted by molar-refractivity contribution is 8.26. The summed E-state index contributed by atoms with van der Waals surface area (Å²) in [4.78, 5) is 25.5. The van der Waals surface area contributed by atoms with Gasteiger partial charge < -0.3 is 19.8 Å². The molecule has 0 aromatic heterocycles. The number of hydrogen-bond acceptors (Lipinski definition) is 4. The van der Waals surface area contributed by atoms with E-state index in [0.717, 1.165) is 0 Å². The third kappa shape index (κ3) is 4.48. The molecule has 0 aromatic rings. The zero-order valence-corrected chi connectivity index (χ0v) is 9.19. The molecule has 0 aliphatic rings. The van der Waals surface area contributed by atoms with Gasteiger partial charge in [0.25, 0.3) is 0 Å². The van der Waals surface area contributed by atoms with Crippen LogP contribution < -0.4 is 0 Å². The van der Waals surface area contributed by atoms with Gasteiger partial charge in [0.2, 0.25) is 0 Å². The zero-order chi connectivity index (χ0) is 11.4. The molecule has 0 aliphatic heterocycles. The van der Waals surface area contributed by atoms with Crippen molar-refractivity contribution in [3.8, 4) is 0 Å². The summed E-state index contributed by atoms with van der Waals surface area (Å²) in [6.45, 7) is 0.788. The van der Waals surface area contributed by atoms with Crippen molar-refractivity contribution >= 4 is 14.6 Å². The Morgan fingerprint density at radius 2 is 1.86 bits per heavy atom. The third-order valence-corrected chi connectivity index (χ3v) is 4.68. The standard InChI is InChI=1S/C5H12O7P2/c1-5(2-3-6)4-12-14(10,11)13(7,8)9/h2,6H,3-4H2,1H3,(H,10,11)(H2,7,8,9)/b5-2+. The highest BCUT2D eigenvalue weighted by Crippen LogP contribution is 2.74. The Hall–Kier alpha value is 0.0000000000000000139. The fourth-order valence-electron chi connectivity index (χ4n) is 0.476. The molecule has 0 saturated heterocycles. The molecule has 84 valence electrons. The van der Waals surface area contributed by atoms with E-state index in [1.54, 1.807) is 0 Å². The van der Waals surface area contributed by atoms with E-state index in [4.69, 9.17) is 19.8 Å². The predicted octanol–water partition coefficient (Wildman–Crippen LogP) is 0.220. The number of rotatable bonds is 5. The van der Waals surface area contributed by atoms with Crippen LogP contribution in [0.5, 0.6) is 0 Å². The van der Waals surface area contributed by atoms with Crippen LogP contribution in [0.2, 0.25) is 0 Å². The first kappa shape index (κ1) is 14.0. The van der Waals surface area contributed by atoms with Gasteiger partial charge in [0.15, 0.2) is 0 Å². The Morgan fingerprint density at radius 1 is 1.36 bits per heavy atom. The summed E-state index contributed by atoms with van der Waals surface area (Å²) in [5.74, 6) is 0. The molecule has 0 amide bonds. The van der Waals surface area contributed by atoms with E-state index in [0.29, 0.717) is 5.57 Å². The smallest absolute Gasteiger partial charge is 0.392 e. The van der Waals surface area contributed by atoms with E-state index in [1.165, 1.54) is 13.0 Å². The van der Waals surface area contributed by atoms with E-state index in [2.05, 4.69) is 4.52 Å². The lowest BCUT2D eigenvalue weighted by atomic mass is 10.3. The molecule has 0 bridgehead atoms. The maximum absolute atomic E-state index is 10.8. The second-order valence-electron chi connectivity index (χ2n) is 2.51. The number of aliphatic hydroxyl groups excluding tert-OH is 1. The number of hydrogen-bond donors (Lipinski definition) is 4. The molecule has 1 unspecified atom stereocenters. The van der Waals surface area contributed by atoms with Crippen molar-refractivity contribution in [1.82, 2.24) is 0 Å². The topological polar surface area (TPSA) is 124 Å². The second kappa shape index (κ2) is 5.19. The third-order valence-electron chi connectivity index (χ3n) is 1.23. The normalized spacial score (nSPS) is 17.9. The molecule has 4 N–H and O–H groups in total. The van der Waals surface area contributed by atoms with Gasteiger partial charge >= 0.3 is 14.6 Å². The minimum absolute atomic E-state index is 0.277. The van der Waals surface area contributed by atoms with Crippen LogP contribution in [0.4, 0.5) is 0 Å². The minimum Gasteiger partial charge on any atom is -0.392 e. The first-order chi connectivity index (χ1) is 6.20. The van der Waals surface area contributed by atoms with Crippen LogP contribution in [0.1, 0.15) is 6.92 Å². The van der Waals surface area contributed by atoms with Crippen molar-refractivity contribution < 1.29 is 33.4 Å². The SMILES string of the molecule is C/C(=C\CO)COP(=O)(O)P(=O)(O)O. The molecule has 0 radical (unpaired) electrons. The minimum atomic E-state index is -5.14. The van der Waals surface area contributed by atoms with Gasteiger partial charge in [0, 0.05) is 0 Å². The molecule has 0 aromatic carbocycles. The van der Waals surface area contributed by atoms with Crippen LogP contribution in [0.15, 0.2) is 11.6 Å². The average Bonchev–Trinajstić information content (AvgIpc) is 1.99. The van der Waals surface area contributed by atoms with Crippen LogP contribution in [-0.2, 0) is 13.7 Å². The maximum atomic E-state index is 10.8. The van der Waals surface area contributed by atoms with E-state index < -0.39 is 21.2 Å². The van der Waals surface area contributed by atoms with Gasteiger partial charge in [-0.25, -0.2) is 9.13 Å². The highest BCUT2D eigenvalue weighted by Gasteiger charge is 2.41. The molecule has 0 fully saturated rings. The van der Waals surface area contributed by atoms with E-state index in [-0.39, 0.29) is 6.61 Å². The molecule has 0 spiro atoms. The van der Waals surface area contributed by atoms with Crippen molar-refractivity contribution in [3.05, 3.63) is 11.6 Å². The zero-order valence-electron chi connectivity index (χ0n) is 7.40. The van der Waals surface area contributed by atoms with Crippen molar-refractivity contribution in [1.29, 1.82) is 0 Å². The molecular formula is C5H12O7P2. The molecule has 0 aliphatic carbocycles. The highest BCUT2D eigenvalue weighted by atomic mass is 32.1. The fraction of sp³-hybridized carbons (Fsp3) is 0.600. The van der Waals surface area contributed by atoms with Crippen molar-refractivity contribution in [2.75, 3.05) is 13.2 Å². The molecule has 0 rings (SSSR count). The summed E-state index contributed by atoms with van der Waals surface area (Å²) < 4.78 is 25.4. The molecule has 14 heavy (non-hydrogen) atoms. The van der Waals surface area contributed by atoms with Crippen LogP contribution in [0, 0.1) is 0 Å². The Labute approximate surface area is 80.6 Å². The maximum Gasteiger partial charge on any atom is 0.438 e. The van der Waals surface area contributed by atoms with Crippen molar-refractivity contribution in [2.24, 2.45) is 0 Å². The van der Waals surface area contributed by atoms with Crippen molar-refractivity contribution in [2.45, 2.75) is 6.92 Å². The van der Waals surface area contributed by atoms with Gasteiger partial charge in [-0.2, -0.15) is 0 Å². The van der Waals surface area contributed by atoms with Crippen LogP contribution >= 0.6 is 14.6 Å². The van der Waals surface area contributed by atoms with Gasteiger partial charge in [0.05, 0.1) is 13.2 Å². The monoisotopic (exact) mass is 246 g/mol. The molecular weight excluding hydrogens is 234 g/mol. The molecule has 0 heterocycles. The predicted molar refractivity (Wildman–Crippen MR) is 48.7 cm³/mol. The Balaban J connectivity index is 4.35. The molecule has 1 atom stereocenters. The summed E-state index contributed by atoms with van der Waals surface area (Å²) in [5.41, 5.74) is 0.398. The van der Waals surface area contributed by atoms with Gasteiger partial charge in [-0.3, -0.25) is 4.52 Å². The lowest BCUT2D eigenvalue weighted by Gasteiger charge is -2.12. The second-order valence-corrected chi connectivity index (χ2v) is 7.86. The summed E-state index contributed by atoms with van der Waals surface area (Å²) in [6.07, 6.45) is 1.29. The van der Waals surface area contributed by atoms with Gasteiger partial charge in [-0.1, -0.05) is 6.08 Å². The van der Waals surface area contributed by atoms with E-state index in [1.807, 2.05) is 0 Å². The first-order valence-corrected chi connectivity index (χ1v) is 7.40. The Kier molecular flexibility index (Phi) is 5.19.